The quantitative estimate of drug-likeness (QED) is 0.294. The Morgan fingerprint density at radius 2 is 1.93 bits per heavy atom. The number of aromatic nitrogens is 4. The number of nitrogens with one attached hydrogen (secondary N) is 2. The maximum atomic E-state index is 14.1. The highest BCUT2D eigenvalue weighted by Gasteiger charge is 2.72. The molecule has 0 spiro atoms. The van der Waals surface area contributed by atoms with E-state index < -0.39 is 11.1 Å². The summed E-state index contributed by atoms with van der Waals surface area (Å²) in [6.45, 7) is 6.39. The number of piperidine rings is 2. The van der Waals surface area contributed by atoms with Gasteiger partial charge >= 0.3 is 0 Å². The van der Waals surface area contributed by atoms with Gasteiger partial charge in [0.15, 0.2) is 5.88 Å². The van der Waals surface area contributed by atoms with Gasteiger partial charge in [0.25, 0.3) is 5.91 Å². The minimum absolute atomic E-state index is 0.0261. The average Bonchev–Trinajstić information content (AvgIpc) is 3.71. The minimum atomic E-state index is -1.11. The van der Waals surface area contributed by atoms with Crippen molar-refractivity contribution < 1.29 is 18.7 Å². The van der Waals surface area contributed by atoms with Crippen LogP contribution in [0.3, 0.4) is 0 Å². The molecule has 0 radical (unpaired) electrons. The number of methoxy groups -OCH3 is 1. The van der Waals surface area contributed by atoms with Gasteiger partial charge in [-0.1, -0.05) is 0 Å². The number of piperazine rings is 1. The number of rotatable bonds is 8. The predicted octanol–water partition coefficient (Wildman–Crippen LogP) is 4.72. The molecule has 46 heavy (non-hydrogen) atoms. The van der Waals surface area contributed by atoms with Crippen LogP contribution in [0.15, 0.2) is 30.3 Å². The largest absolute Gasteiger partial charge is 0.482 e. The lowest BCUT2D eigenvalue weighted by atomic mass is 9.42. The normalized spacial score (nSPS) is 28.7. The smallest absolute Gasteiger partial charge is 0.254 e. The highest BCUT2D eigenvalue weighted by atomic mass is 19.1. The highest BCUT2D eigenvalue weighted by molar-refractivity contribution is 5.96. The molecule has 4 bridgehead atoms. The minimum Gasteiger partial charge on any atom is -0.482 e. The van der Waals surface area contributed by atoms with E-state index in [0.29, 0.717) is 48.3 Å². The van der Waals surface area contributed by atoms with Crippen molar-refractivity contribution in [2.75, 3.05) is 20.2 Å². The fourth-order valence-electron chi connectivity index (χ4n) is 8.57. The molecule has 240 valence electrons. The van der Waals surface area contributed by atoms with E-state index in [1.807, 2.05) is 41.3 Å². The third-order valence-electron chi connectivity index (χ3n) is 11.4. The van der Waals surface area contributed by atoms with Crippen molar-refractivity contribution in [2.45, 2.75) is 89.1 Å². The maximum Gasteiger partial charge on any atom is 0.254 e. The fraction of sp³-hybridized carbons (Fsp3) is 0.543. The zero-order chi connectivity index (χ0) is 31.5. The molecule has 4 aromatic heterocycles. The second kappa shape index (κ2) is 9.76. The summed E-state index contributed by atoms with van der Waals surface area (Å²) in [6, 6.07) is 10.2. The van der Waals surface area contributed by atoms with Gasteiger partial charge in [0.2, 0.25) is 5.91 Å². The molecule has 10 nitrogen and oxygen atoms in total. The molecule has 3 saturated heterocycles. The van der Waals surface area contributed by atoms with E-state index in [1.54, 1.807) is 7.11 Å². The summed E-state index contributed by atoms with van der Waals surface area (Å²) in [5.74, 6) is 1.12. The first-order chi connectivity index (χ1) is 22.1. The molecule has 7 heterocycles. The molecule has 11 rings (SSSR count). The Hall–Kier alpha value is -3.99. The highest BCUT2D eigenvalue weighted by Crippen LogP contribution is 2.69. The second-order valence-corrected chi connectivity index (χ2v) is 14.7. The number of hydrogen-bond donors (Lipinski definition) is 2. The number of aryl methyl sites for hydroxylation is 1. The monoisotopic (exact) mass is 625 g/mol. The fourth-order valence-corrected chi connectivity index (χ4v) is 8.57. The van der Waals surface area contributed by atoms with Crippen LogP contribution in [-0.4, -0.2) is 73.6 Å². The van der Waals surface area contributed by atoms with Gasteiger partial charge in [-0.25, -0.2) is 14.4 Å². The number of halogens is 1. The number of pyridine rings is 2. The molecule has 1 unspecified atom stereocenters. The molecular weight excluding hydrogens is 585 g/mol. The molecule has 3 aliphatic heterocycles. The van der Waals surface area contributed by atoms with Crippen LogP contribution < -0.4 is 15.4 Å². The summed E-state index contributed by atoms with van der Waals surface area (Å²) >= 11 is 0. The van der Waals surface area contributed by atoms with E-state index in [2.05, 4.69) is 27.3 Å². The summed E-state index contributed by atoms with van der Waals surface area (Å²) in [5.41, 5.74) is 4.00. The van der Waals surface area contributed by atoms with Crippen LogP contribution in [0.2, 0.25) is 0 Å². The Bertz CT molecular complexity index is 1920. The van der Waals surface area contributed by atoms with Crippen LogP contribution in [0.1, 0.15) is 79.7 Å². The second-order valence-electron chi connectivity index (χ2n) is 14.7. The van der Waals surface area contributed by atoms with E-state index in [0.717, 1.165) is 66.3 Å². The number of imidazole rings is 1. The lowest BCUT2D eigenvalue weighted by Crippen LogP contribution is -2.70. The lowest BCUT2D eigenvalue weighted by molar-refractivity contribution is -0.214. The molecule has 4 aliphatic carbocycles. The molecule has 2 amide bonds. The Kier molecular flexibility index (Phi) is 5.99. The first-order valence-electron chi connectivity index (χ1n) is 16.8. The van der Waals surface area contributed by atoms with Gasteiger partial charge in [0.1, 0.15) is 22.7 Å². The Labute approximate surface area is 266 Å². The third-order valence-corrected chi connectivity index (χ3v) is 11.4. The van der Waals surface area contributed by atoms with Gasteiger partial charge in [0, 0.05) is 48.7 Å². The molecule has 11 heteroatoms. The molecule has 7 fully saturated rings. The van der Waals surface area contributed by atoms with Crippen molar-refractivity contribution >= 4 is 28.5 Å². The van der Waals surface area contributed by atoms with E-state index >= 15 is 0 Å². The van der Waals surface area contributed by atoms with Gasteiger partial charge in [-0.2, -0.15) is 0 Å². The molecule has 3 atom stereocenters. The standard InChI is InChI=1S/C35H40FN7O3/c1-19(38-33(45)34-16-35(36,17-34)18-34)26-9-6-22-10-27(42(31(22)39-26)14-21-4-5-21)30-20(2)43-28(40-30)11-23(12-29(43)46-3)32(44)41-15-24-7-8-25(41)13-37-24/h6,9-12,19,21,24-25,37H,4-5,7-8,13-18H2,1-3H3,(H,38,45)/t19?,24-,25-,34?,35?/m1/s1. The number of amides is 2. The predicted molar refractivity (Wildman–Crippen MR) is 170 cm³/mol. The first-order valence-corrected chi connectivity index (χ1v) is 16.8. The molecule has 2 N–H and O–H groups in total. The van der Waals surface area contributed by atoms with Crippen LogP contribution in [-0.2, 0) is 11.3 Å². The maximum absolute atomic E-state index is 14.1. The van der Waals surface area contributed by atoms with Crippen molar-refractivity contribution in [3.05, 3.63) is 47.3 Å². The zero-order valence-electron chi connectivity index (χ0n) is 26.6. The summed E-state index contributed by atoms with van der Waals surface area (Å²) in [6.07, 6.45) is 5.53. The van der Waals surface area contributed by atoms with Gasteiger partial charge in [-0.15, -0.1) is 0 Å². The molecule has 4 saturated carbocycles. The Balaban J connectivity index is 1.08. The average molecular weight is 626 g/mol. The van der Waals surface area contributed by atoms with E-state index in [4.69, 9.17) is 14.7 Å². The van der Waals surface area contributed by atoms with Gasteiger partial charge in [-0.05, 0) is 89.0 Å². The van der Waals surface area contributed by atoms with E-state index in [9.17, 15) is 14.0 Å². The molecule has 7 aliphatic rings. The number of carbonyl (C=O) groups excluding carboxylic acids is 2. The number of nitrogens with zero attached hydrogens (tertiary/aromatic N) is 5. The SMILES string of the molecule is COc1cc(C(=O)N2C[C@H]3CC[C@@H]2CN3)cc2nc(-c3cc4ccc(C(C)NC(=O)C56CC(F)(C5)C6)nc4n3CC3CC3)c(C)n12. The third kappa shape index (κ3) is 4.23. The Morgan fingerprint density at radius 1 is 1.13 bits per heavy atom. The van der Waals surface area contributed by atoms with Crippen molar-refractivity contribution in [3.8, 4) is 17.3 Å². The van der Waals surface area contributed by atoms with Crippen LogP contribution in [0.4, 0.5) is 4.39 Å². The van der Waals surface area contributed by atoms with Gasteiger partial charge < -0.3 is 24.8 Å². The summed E-state index contributed by atoms with van der Waals surface area (Å²) in [5, 5.41) is 7.65. The van der Waals surface area contributed by atoms with Gasteiger partial charge in [0.05, 0.1) is 35.6 Å². The van der Waals surface area contributed by atoms with Crippen molar-refractivity contribution in [3.63, 3.8) is 0 Å². The van der Waals surface area contributed by atoms with Crippen molar-refractivity contribution in [2.24, 2.45) is 11.3 Å². The number of fused-ring (bicyclic) bond motifs is 5. The molecule has 4 aromatic rings. The zero-order valence-corrected chi connectivity index (χ0v) is 26.6. The molecule has 0 aromatic carbocycles. The van der Waals surface area contributed by atoms with Crippen molar-refractivity contribution in [1.82, 2.24) is 34.5 Å². The van der Waals surface area contributed by atoms with Crippen molar-refractivity contribution in [1.29, 1.82) is 0 Å². The van der Waals surface area contributed by atoms with Crippen LogP contribution in [0.25, 0.3) is 28.1 Å². The van der Waals surface area contributed by atoms with Crippen LogP contribution in [0.5, 0.6) is 5.88 Å². The topological polar surface area (TPSA) is 106 Å². The van der Waals surface area contributed by atoms with Crippen LogP contribution in [0, 0.1) is 18.3 Å². The number of alkyl halides is 1. The van der Waals surface area contributed by atoms with Gasteiger partial charge in [-0.3, -0.25) is 14.0 Å². The number of hydrogen-bond acceptors (Lipinski definition) is 6. The van der Waals surface area contributed by atoms with Crippen LogP contribution >= 0.6 is 0 Å². The molecular formula is C35H40FN7O3. The van der Waals surface area contributed by atoms with E-state index in [1.165, 1.54) is 12.8 Å². The first kappa shape index (κ1) is 28.3. The lowest BCUT2D eigenvalue weighted by Gasteiger charge is -2.64. The summed E-state index contributed by atoms with van der Waals surface area (Å²) in [4.78, 5) is 39.0. The Morgan fingerprint density at radius 3 is 2.59 bits per heavy atom. The summed E-state index contributed by atoms with van der Waals surface area (Å²) < 4.78 is 24.2. The summed E-state index contributed by atoms with van der Waals surface area (Å²) in [7, 11) is 1.63. The number of ether oxygens (including phenoxy) is 1. The van der Waals surface area contributed by atoms with E-state index in [-0.39, 0.29) is 23.9 Å². The number of carbonyl (C=O) groups is 2.